The Labute approximate surface area is 155 Å². The second kappa shape index (κ2) is 7.31. The van der Waals surface area contributed by atoms with Gasteiger partial charge in [-0.1, -0.05) is 12.2 Å². The fourth-order valence-corrected chi connectivity index (χ4v) is 5.47. The Morgan fingerprint density at radius 3 is 1.50 bits per heavy atom. The minimum absolute atomic E-state index is 0.173. The van der Waals surface area contributed by atoms with Gasteiger partial charge in [-0.25, -0.2) is 0 Å². The van der Waals surface area contributed by atoms with Gasteiger partial charge in [0.2, 0.25) is 0 Å². The highest BCUT2D eigenvalue weighted by molar-refractivity contribution is 5.80. The Balaban J connectivity index is 1.29. The van der Waals surface area contributed by atoms with Crippen molar-refractivity contribution < 1.29 is 9.47 Å². The third-order valence-corrected chi connectivity index (χ3v) is 7.05. The van der Waals surface area contributed by atoms with Crippen LogP contribution in [0.3, 0.4) is 0 Å². The molecule has 4 rings (SSSR count). The molecule has 0 aromatic carbocycles. The Hall–Kier alpha value is -1.40. The van der Waals surface area contributed by atoms with E-state index in [-0.39, 0.29) is 36.3 Å². The highest BCUT2D eigenvalue weighted by Gasteiger charge is 2.41. The van der Waals surface area contributed by atoms with Gasteiger partial charge in [0.25, 0.3) is 0 Å². The van der Waals surface area contributed by atoms with E-state index in [9.17, 15) is 0 Å². The average molecular weight is 361 g/mol. The molecule has 0 amide bonds. The maximum atomic E-state index is 7.68. The lowest BCUT2D eigenvalue weighted by Crippen LogP contribution is -2.33. The molecule has 0 radical (unpaired) electrons. The van der Waals surface area contributed by atoms with E-state index in [4.69, 9.17) is 31.8 Å². The molecule has 2 aliphatic carbocycles. The number of nitrogens with one attached hydrogen (secondary N) is 2. The summed E-state index contributed by atoms with van der Waals surface area (Å²) in [6, 6.07) is 0. The van der Waals surface area contributed by atoms with Crippen molar-refractivity contribution in [1.82, 2.24) is 0 Å². The van der Waals surface area contributed by atoms with Crippen LogP contribution in [0.15, 0.2) is 12.2 Å². The van der Waals surface area contributed by atoms with E-state index in [0.29, 0.717) is 23.5 Å². The molecular weight excluding hydrogens is 328 g/mol. The summed E-state index contributed by atoms with van der Waals surface area (Å²) in [5.41, 5.74) is 11.4. The molecule has 2 saturated heterocycles. The third-order valence-electron chi connectivity index (χ3n) is 7.05. The zero-order valence-corrected chi connectivity index (χ0v) is 15.4. The van der Waals surface area contributed by atoms with Crippen molar-refractivity contribution >= 4 is 11.7 Å². The Morgan fingerprint density at radius 1 is 0.692 bits per heavy atom. The number of ether oxygens (including phenoxy) is 2. The van der Waals surface area contributed by atoms with Crippen molar-refractivity contribution in [3.8, 4) is 0 Å². The molecule has 26 heavy (non-hydrogen) atoms. The predicted molar refractivity (Wildman–Crippen MR) is 101 cm³/mol. The van der Waals surface area contributed by atoms with Gasteiger partial charge in [-0.3, -0.25) is 10.8 Å². The molecule has 4 aliphatic rings. The molecule has 2 saturated carbocycles. The molecule has 0 aromatic heterocycles. The molecule has 6 heteroatoms. The maximum absolute atomic E-state index is 7.68. The molecule has 8 atom stereocenters. The van der Waals surface area contributed by atoms with E-state index in [2.05, 4.69) is 12.2 Å². The number of amidine groups is 2. The molecule has 2 heterocycles. The van der Waals surface area contributed by atoms with Crippen LogP contribution in [-0.2, 0) is 9.47 Å². The van der Waals surface area contributed by atoms with Crippen molar-refractivity contribution in [3.05, 3.63) is 12.2 Å². The van der Waals surface area contributed by atoms with Gasteiger partial charge < -0.3 is 20.9 Å². The first-order chi connectivity index (χ1) is 12.5. The summed E-state index contributed by atoms with van der Waals surface area (Å²) in [6.07, 6.45) is 13.5. The van der Waals surface area contributed by atoms with E-state index >= 15 is 0 Å². The molecule has 144 valence electrons. The highest BCUT2D eigenvalue weighted by atomic mass is 16.5. The first kappa shape index (κ1) is 18.0. The number of fused-ring (bicyclic) bond motifs is 2. The summed E-state index contributed by atoms with van der Waals surface area (Å²) in [4.78, 5) is 0. The summed E-state index contributed by atoms with van der Waals surface area (Å²) < 4.78 is 12.5. The lowest BCUT2D eigenvalue weighted by atomic mass is 9.78. The van der Waals surface area contributed by atoms with Gasteiger partial charge in [-0.05, 0) is 63.2 Å². The van der Waals surface area contributed by atoms with Gasteiger partial charge in [0.15, 0.2) is 0 Å². The average Bonchev–Trinajstić information content (AvgIpc) is 3.21. The summed E-state index contributed by atoms with van der Waals surface area (Å²) >= 11 is 0. The second-order valence-electron chi connectivity index (χ2n) is 8.73. The van der Waals surface area contributed by atoms with Crippen LogP contribution in [0, 0.1) is 34.5 Å². The standard InChI is InChI=1S/C20H32N4O2/c21-19(22)13-3-1-11-7-15(25-17(11)9-13)5-6-16-8-12-2-4-14(20(23)24)10-18(12)26-16/h5-6,11-18H,1-4,7-10H2,(H3,21,22)(H3,23,24)/b6-5+. The largest absolute Gasteiger partial charge is 0.387 e. The lowest BCUT2D eigenvalue weighted by Gasteiger charge is -2.29. The fraction of sp³-hybridized carbons (Fsp3) is 0.800. The zero-order valence-electron chi connectivity index (χ0n) is 15.4. The van der Waals surface area contributed by atoms with Gasteiger partial charge >= 0.3 is 0 Å². The summed E-state index contributed by atoms with van der Waals surface area (Å²) in [6.45, 7) is 0. The van der Waals surface area contributed by atoms with Crippen LogP contribution in [0.25, 0.3) is 0 Å². The smallest absolute Gasteiger partial charge is 0.0937 e. The molecule has 0 aromatic rings. The second-order valence-corrected chi connectivity index (χ2v) is 8.73. The molecule has 4 fully saturated rings. The first-order valence-electron chi connectivity index (χ1n) is 10.2. The quantitative estimate of drug-likeness (QED) is 0.350. The molecule has 2 aliphatic heterocycles. The van der Waals surface area contributed by atoms with Gasteiger partial charge in [-0.2, -0.15) is 0 Å². The SMILES string of the molecule is N=C(N)C1CCC2CC(/C=C/C3CC4CCC(C(=N)N)CC4O3)OC2C1. The molecule has 6 nitrogen and oxygen atoms in total. The Bertz CT molecular complexity index is 542. The van der Waals surface area contributed by atoms with Crippen molar-refractivity contribution in [2.45, 2.75) is 75.8 Å². The first-order valence-corrected chi connectivity index (χ1v) is 10.2. The number of hydrogen-bond donors (Lipinski definition) is 4. The van der Waals surface area contributed by atoms with Crippen LogP contribution in [0.4, 0.5) is 0 Å². The number of nitrogens with two attached hydrogens (primary N) is 2. The van der Waals surface area contributed by atoms with Crippen molar-refractivity contribution in [2.24, 2.45) is 35.1 Å². The van der Waals surface area contributed by atoms with Crippen LogP contribution in [0.1, 0.15) is 51.4 Å². The molecule has 6 N–H and O–H groups in total. The third kappa shape index (κ3) is 3.67. The molecule has 8 unspecified atom stereocenters. The van der Waals surface area contributed by atoms with Crippen LogP contribution >= 0.6 is 0 Å². The Morgan fingerprint density at radius 2 is 1.12 bits per heavy atom. The van der Waals surface area contributed by atoms with E-state index in [1.54, 1.807) is 0 Å². The topological polar surface area (TPSA) is 118 Å². The van der Waals surface area contributed by atoms with Crippen LogP contribution in [-0.4, -0.2) is 36.1 Å². The fourth-order valence-electron chi connectivity index (χ4n) is 5.47. The van der Waals surface area contributed by atoms with Gasteiger partial charge in [-0.15, -0.1) is 0 Å². The molecule has 0 spiro atoms. The normalized spacial score (nSPS) is 45.4. The van der Waals surface area contributed by atoms with Gasteiger partial charge in [0.05, 0.1) is 36.1 Å². The lowest BCUT2D eigenvalue weighted by molar-refractivity contribution is 0.0247. The number of rotatable bonds is 4. The van der Waals surface area contributed by atoms with Gasteiger partial charge in [0, 0.05) is 11.8 Å². The van der Waals surface area contributed by atoms with E-state index in [1.807, 2.05) is 0 Å². The summed E-state index contributed by atoms with van der Waals surface area (Å²) in [5.74, 6) is 2.27. The molecular formula is C20H32N4O2. The number of hydrogen-bond acceptors (Lipinski definition) is 4. The van der Waals surface area contributed by atoms with Gasteiger partial charge in [0.1, 0.15) is 0 Å². The summed E-state index contributed by atoms with van der Waals surface area (Å²) in [5, 5.41) is 15.4. The van der Waals surface area contributed by atoms with E-state index in [1.165, 1.54) is 0 Å². The van der Waals surface area contributed by atoms with Crippen LogP contribution < -0.4 is 11.5 Å². The monoisotopic (exact) mass is 360 g/mol. The van der Waals surface area contributed by atoms with Crippen LogP contribution in [0.2, 0.25) is 0 Å². The summed E-state index contributed by atoms with van der Waals surface area (Å²) in [7, 11) is 0. The zero-order chi connectivity index (χ0) is 18.3. The van der Waals surface area contributed by atoms with Crippen molar-refractivity contribution in [3.63, 3.8) is 0 Å². The minimum atomic E-state index is 0.173. The van der Waals surface area contributed by atoms with E-state index in [0.717, 1.165) is 51.4 Å². The minimum Gasteiger partial charge on any atom is -0.387 e. The predicted octanol–water partition coefficient (Wildman–Crippen LogP) is 2.56. The molecule has 0 bridgehead atoms. The van der Waals surface area contributed by atoms with E-state index < -0.39 is 0 Å². The maximum Gasteiger partial charge on any atom is 0.0937 e. The highest BCUT2D eigenvalue weighted by Crippen LogP contribution is 2.42. The Kier molecular flexibility index (Phi) is 5.06. The van der Waals surface area contributed by atoms with Crippen molar-refractivity contribution in [2.75, 3.05) is 0 Å². The van der Waals surface area contributed by atoms with Crippen LogP contribution in [0.5, 0.6) is 0 Å². The van der Waals surface area contributed by atoms with Crippen molar-refractivity contribution in [1.29, 1.82) is 10.8 Å².